The Hall–Kier alpha value is -4.23. The number of ether oxygens (including phenoxy) is 4. The zero-order valence-electron chi connectivity index (χ0n) is 48.2. The number of unbranched alkanes of at least 4 members (excludes halogenated alkanes) is 28. The van der Waals surface area contributed by atoms with Crippen LogP contribution in [0.15, 0.2) is 24.3 Å². The number of nitro groups is 1. The van der Waals surface area contributed by atoms with E-state index in [1.807, 2.05) is 0 Å². The number of hydrogen-bond acceptors (Lipinski definition) is 14. The molecule has 0 spiro atoms. The molecule has 1 aliphatic rings. The van der Waals surface area contributed by atoms with Crippen LogP contribution >= 0.6 is 0 Å². The molecule has 1 aromatic carbocycles. The first-order valence-corrected chi connectivity index (χ1v) is 30.6. The predicted octanol–water partition coefficient (Wildman–Crippen LogP) is 11.1. The number of nitro benzene ring substituents is 1. The van der Waals surface area contributed by atoms with Gasteiger partial charge in [-0.3, -0.25) is 34.1 Å². The number of carbonyl (C=O) groups excluding carboxylic acids is 5. The van der Waals surface area contributed by atoms with Gasteiger partial charge in [-0.1, -0.05) is 201 Å². The van der Waals surface area contributed by atoms with Crippen LogP contribution in [-0.2, 0) is 38.2 Å². The summed E-state index contributed by atoms with van der Waals surface area (Å²) in [6, 6.07) is 2.17. The molecular weight excluding hydrogens is 1000 g/mol. The first-order valence-electron chi connectivity index (χ1n) is 30.6. The van der Waals surface area contributed by atoms with Gasteiger partial charge in [-0.25, -0.2) is 0 Å². The van der Waals surface area contributed by atoms with Crippen LogP contribution in [0.5, 0.6) is 5.75 Å². The van der Waals surface area contributed by atoms with Crippen LogP contribution < -0.4 is 20.7 Å². The van der Waals surface area contributed by atoms with E-state index in [-0.39, 0.29) is 49.6 Å². The lowest BCUT2D eigenvalue weighted by molar-refractivity contribution is -0.384. The zero-order chi connectivity index (χ0) is 57.0. The number of aliphatic hydroxyl groups excluding tert-OH is 3. The molecule has 0 bridgehead atoms. The maximum absolute atomic E-state index is 13.9. The molecule has 0 saturated carbocycles. The van der Waals surface area contributed by atoms with Gasteiger partial charge >= 0.3 is 11.9 Å². The van der Waals surface area contributed by atoms with Crippen LogP contribution in [-0.4, -0.2) is 112 Å². The van der Waals surface area contributed by atoms with Crippen molar-refractivity contribution in [3.8, 4) is 5.75 Å². The van der Waals surface area contributed by atoms with Crippen molar-refractivity contribution in [3.05, 3.63) is 34.4 Å². The van der Waals surface area contributed by atoms with E-state index >= 15 is 0 Å². The first-order chi connectivity index (χ1) is 37.8. The van der Waals surface area contributed by atoms with E-state index in [2.05, 4.69) is 36.7 Å². The third-order valence-corrected chi connectivity index (χ3v) is 14.5. The molecule has 448 valence electrons. The third kappa shape index (κ3) is 33.4. The number of carbonyl (C=O) groups is 5. The van der Waals surface area contributed by atoms with Crippen molar-refractivity contribution in [2.24, 2.45) is 0 Å². The minimum atomic E-state index is -1.70. The van der Waals surface area contributed by atoms with E-state index in [1.165, 1.54) is 140 Å². The lowest BCUT2D eigenvalue weighted by Crippen LogP contribution is -2.65. The number of hydrogen-bond donors (Lipinski definition) is 6. The summed E-state index contributed by atoms with van der Waals surface area (Å²) in [5, 5.41) is 51.5. The fraction of sp³-hybridized carbons (Fsp3) is 0.817. The topological polar surface area (TPSA) is 262 Å². The molecule has 0 radical (unpaired) electrons. The summed E-state index contributed by atoms with van der Waals surface area (Å²) in [5.74, 6) is -2.80. The van der Waals surface area contributed by atoms with Crippen molar-refractivity contribution in [2.75, 3.05) is 19.8 Å². The molecule has 0 aromatic heterocycles. The monoisotopic (exact) mass is 1100 g/mol. The van der Waals surface area contributed by atoms with Gasteiger partial charge in [0.2, 0.25) is 17.7 Å². The predicted molar refractivity (Wildman–Crippen MR) is 302 cm³/mol. The normalized spacial score (nSPS) is 17.9. The molecule has 1 aromatic rings. The summed E-state index contributed by atoms with van der Waals surface area (Å²) in [6.45, 7) is 5.14. The second-order valence-electron chi connectivity index (χ2n) is 21.5. The molecule has 1 heterocycles. The number of rotatable bonds is 49. The Morgan fingerprint density at radius 1 is 0.615 bits per heavy atom. The highest BCUT2D eigenvalue weighted by molar-refractivity contribution is 5.88. The number of benzene rings is 1. The SMILES string of the molecule is CCCCCCCCCCCCCC(=O)N[C@@H](CO[C@@H]1O[C@H](CO)[C@@H](O)[C@H](O)[C@H]1NC(=O)C[C@@H](CCCCCCCCCCC)OC(=O)CCCCCCCCCCCCC)C(=O)NCCC(=O)Oc1ccc([N+](=O)[O-])cc1. The number of aliphatic hydroxyl groups is 3. The molecule has 0 unspecified atom stereocenters. The average molecular weight is 1110 g/mol. The Morgan fingerprint density at radius 3 is 1.58 bits per heavy atom. The van der Waals surface area contributed by atoms with Crippen LogP contribution in [0.1, 0.15) is 252 Å². The summed E-state index contributed by atoms with van der Waals surface area (Å²) in [7, 11) is 0. The van der Waals surface area contributed by atoms with E-state index in [1.54, 1.807) is 0 Å². The Morgan fingerprint density at radius 2 is 1.09 bits per heavy atom. The molecule has 7 atom stereocenters. The number of non-ortho nitro benzene ring substituents is 1. The van der Waals surface area contributed by atoms with Gasteiger partial charge in [0, 0.05) is 31.5 Å². The van der Waals surface area contributed by atoms with Crippen molar-refractivity contribution in [3.63, 3.8) is 0 Å². The maximum atomic E-state index is 13.9. The number of esters is 2. The molecule has 1 fully saturated rings. The van der Waals surface area contributed by atoms with E-state index in [4.69, 9.17) is 18.9 Å². The Balaban J connectivity index is 2.13. The first kappa shape index (κ1) is 69.9. The molecular formula is C60H104N4O14. The van der Waals surface area contributed by atoms with Gasteiger partial charge in [-0.2, -0.15) is 0 Å². The minimum Gasteiger partial charge on any atom is -0.462 e. The van der Waals surface area contributed by atoms with Crippen molar-refractivity contribution >= 4 is 35.3 Å². The van der Waals surface area contributed by atoms with Crippen LogP contribution in [0, 0.1) is 10.1 Å². The number of nitrogens with one attached hydrogen (secondary N) is 3. The number of nitrogens with zero attached hydrogens (tertiary/aromatic N) is 1. The summed E-state index contributed by atoms with van der Waals surface area (Å²) in [6.07, 6.45) is 27.8. The van der Waals surface area contributed by atoms with Gasteiger partial charge in [-0.05, 0) is 37.8 Å². The zero-order valence-corrected chi connectivity index (χ0v) is 48.2. The average Bonchev–Trinajstić information content (AvgIpc) is 3.43. The second-order valence-corrected chi connectivity index (χ2v) is 21.5. The van der Waals surface area contributed by atoms with Gasteiger partial charge in [0.15, 0.2) is 6.29 Å². The van der Waals surface area contributed by atoms with Crippen LogP contribution in [0.3, 0.4) is 0 Å². The van der Waals surface area contributed by atoms with E-state index < -0.39 is 84.6 Å². The molecule has 1 saturated heterocycles. The van der Waals surface area contributed by atoms with Gasteiger partial charge in [0.25, 0.3) is 5.69 Å². The van der Waals surface area contributed by atoms with Crippen LogP contribution in [0.4, 0.5) is 5.69 Å². The maximum Gasteiger partial charge on any atom is 0.312 e. The second kappa shape index (κ2) is 45.5. The molecule has 0 aliphatic carbocycles. The highest BCUT2D eigenvalue weighted by atomic mass is 16.7. The molecule has 2 rings (SSSR count). The highest BCUT2D eigenvalue weighted by Gasteiger charge is 2.46. The van der Waals surface area contributed by atoms with Gasteiger partial charge in [0.05, 0.1) is 31.0 Å². The summed E-state index contributed by atoms with van der Waals surface area (Å²) < 4.78 is 23.1. The Kier molecular flexibility index (Phi) is 40.8. The summed E-state index contributed by atoms with van der Waals surface area (Å²) in [5.41, 5.74) is -0.179. The highest BCUT2D eigenvalue weighted by Crippen LogP contribution is 2.24. The summed E-state index contributed by atoms with van der Waals surface area (Å²) in [4.78, 5) is 77.3. The molecule has 18 heteroatoms. The third-order valence-electron chi connectivity index (χ3n) is 14.5. The van der Waals surface area contributed by atoms with Crippen LogP contribution in [0.2, 0.25) is 0 Å². The van der Waals surface area contributed by atoms with Crippen molar-refractivity contribution < 1.29 is 63.2 Å². The smallest absolute Gasteiger partial charge is 0.312 e. The summed E-state index contributed by atoms with van der Waals surface area (Å²) >= 11 is 0. The van der Waals surface area contributed by atoms with E-state index in [0.29, 0.717) is 19.3 Å². The standard InChI is InChI=1S/C60H104N4O14/c1-4-7-10-13-16-19-21-24-27-30-33-36-52(66)62-50(59(72)61-43-42-55(69)76-48-40-38-47(39-41-48)64(73)74)46-75-60-56(58(71)57(70)51(45-65)78-60)63-53(67)44-49(35-32-29-26-23-18-15-12-9-6-3)77-54(68)37-34-31-28-25-22-20-17-14-11-8-5-2/h38-41,49-51,56-58,60,65,70-71H,4-37,42-46H2,1-3H3,(H,61,72)(H,62,66)(H,63,67)/t49-,50+,51-,56-,57-,58-,60-/m1/s1. The van der Waals surface area contributed by atoms with Crippen LogP contribution in [0.25, 0.3) is 0 Å². The lowest BCUT2D eigenvalue weighted by atomic mass is 9.96. The molecule has 6 N–H and O–H groups in total. The molecule has 18 nitrogen and oxygen atoms in total. The molecule has 78 heavy (non-hydrogen) atoms. The Bertz CT molecular complexity index is 1750. The quantitative estimate of drug-likeness (QED) is 0.0117. The minimum absolute atomic E-state index is 0.0747. The molecule has 3 amide bonds. The lowest BCUT2D eigenvalue weighted by Gasteiger charge is -2.42. The van der Waals surface area contributed by atoms with E-state index in [0.717, 1.165) is 70.6 Å². The van der Waals surface area contributed by atoms with Crippen molar-refractivity contribution in [1.82, 2.24) is 16.0 Å². The van der Waals surface area contributed by atoms with Crippen molar-refractivity contribution in [1.29, 1.82) is 0 Å². The fourth-order valence-electron chi connectivity index (χ4n) is 9.71. The van der Waals surface area contributed by atoms with Gasteiger partial charge in [-0.15, -0.1) is 0 Å². The van der Waals surface area contributed by atoms with Crippen molar-refractivity contribution in [2.45, 2.75) is 295 Å². The van der Waals surface area contributed by atoms with Gasteiger partial charge < -0.3 is 50.2 Å². The number of amides is 3. The molecule has 1 aliphatic heterocycles. The van der Waals surface area contributed by atoms with Gasteiger partial charge in [0.1, 0.15) is 42.2 Å². The Labute approximate surface area is 467 Å². The fourth-order valence-corrected chi connectivity index (χ4v) is 9.71. The largest absolute Gasteiger partial charge is 0.462 e. The van der Waals surface area contributed by atoms with E-state index in [9.17, 15) is 49.4 Å².